The van der Waals surface area contributed by atoms with Crippen LogP contribution in [0.3, 0.4) is 0 Å². The summed E-state index contributed by atoms with van der Waals surface area (Å²) in [5.74, 6) is -0.376. The number of aromatic nitrogens is 4. The van der Waals surface area contributed by atoms with Crippen LogP contribution in [-0.2, 0) is 101 Å². The molecule has 10 nitrogen and oxygen atoms in total. The van der Waals surface area contributed by atoms with Crippen molar-refractivity contribution in [3.63, 3.8) is 0 Å². The molecule has 9 rings (SSSR count). The Balaban J connectivity index is 0.00000141. The minimum absolute atomic E-state index is 0. The second kappa shape index (κ2) is 52.1. The molecule has 0 amide bonds. The third kappa shape index (κ3) is 34.1. The zero-order valence-electron chi connectivity index (χ0n) is 58.5. The van der Waals surface area contributed by atoms with Crippen molar-refractivity contribution in [2.24, 2.45) is 0 Å². The van der Waals surface area contributed by atoms with Crippen LogP contribution < -0.4 is 5.46 Å². The molecule has 1 saturated heterocycles. The summed E-state index contributed by atoms with van der Waals surface area (Å²) in [7, 11) is -0.365. The van der Waals surface area contributed by atoms with Crippen molar-refractivity contribution in [3.05, 3.63) is 244 Å². The molecule has 4 aromatic carbocycles. The van der Waals surface area contributed by atoms with Gasteiger partial charge in [-0.2, -0.15) is 8.78 Å². The Labute approximate surface area is 581 Å². The SMILES string of the molecule is CC.CC.CC.CC.CC.CC.CC1(C)OB(c2ccccc2CCOCc2ccc(CCC(=O)CCc3cccnc3)cc2)OC1(C)C.Fc1cc(Br)ccn1.O=C(CCc1ccc(COCCc2ccccc2-c2ccnc(F)c2)cc1)CCc1cccnc1.[Pd]. The van der Waals surface area contributed by atoms with Crippen LogP contribution in [0.1, 0.15) is 181 Å². The zero-order chi connectivity index (χ0) is 68.6. The van der Waals surface area contributed by atoms with E-state index >= 15 is 0 Å². The van der Waals surface area contributed by atoms with Gasteiger partial charge in [0, 0.05) is 99.9 Å². The van der Waals surface area contributed by atoms with Gasteiger partial charge >= 0.3 is 7.12 Å². The van der Waals surface area contributed by atoms with Gasteiger partial charge in [0.25, 0.3) is 0 Å². The zero-order valence-corrected chi connectivity index (χ0v) is 61.6. The standard InChI is InChI=1S/C31H38BNO4.C30H29FN2O2.C5H3BrFN.6C2H6.Pd/c1-30(2)31(3,4)37-32(36-30)29-10-6-5-9-27(29)19-21-35-23-26-13-11-24(12-14-26)15-17-28(34)18-16-25-8-7-20-33-22-25;31-30-20-27(15-18-33-30)29-6-2-1-5-26(29)16-19-35-22-25-9-7-23(8-10-25)11-13-28(34)14-12-24-4-3-17-32-21-24;6-4-1-2-8-5(7)3-4;6*1-2;/h5-14,20,22H,15-19,21,23H2,1-4H3;1-10,15,17-18,20-21H,11-14,16,19,22H2;1-3H;6*1-2H3;. The molecule has 8 aromatic rings. The van der Waals surface area contributed by atoms with E-state index in [-0.39, 0.29) is 50.3 Å². The summed E-state index contributed by atoms with van der Waals surface area (Å²) in [5, 5.41) is 0. The van der Waals surface area contributed by atoms with E-state index in [0.717, 1.165) is 88.5 Å². The molecule has 4 aromatic heterocycles. The first-order valence-electron chi connectivity index (χ1n) is 33.2. The summed E-state index contributed by atoms with van der Waals surface area (Å²) in [5.41, 5.74) is 11.2. The molecule has 0 spiro atoms. The van der Waals surface area contributed by atoms with Crippen LogP contribution in [0.2, 0.25) is 0 Å². The summed E-state index contributed by atoms with van der Waals surface area (Å²) in [6, 6.07) is 47.0. The van der Waals surface area contributed by atoms with Gasteiger partial charge in [-0.3, -0.25) is 19.6 Å². The molecule has 0 radical (unpaired) electrons. The van der Waals surface area contributed by atoms with Gasteiger partial charge in [-0.05, 0) is 152 Å². The van der Waals surface area contributed by atoms with Gasteiger partial charge in [-0.25, -0.2) is 9.97 Å². The average Bonchev–Trinajstić information content (AvgIpc) is 1.65. The summed E-state index contributed by atoms with van der Waals surface area (Å²) in [4.78, 5) is 39.7. The molecule has 0 bridgehead atoms. The first-order valence-corrected chi connectivity index (χ1v) is 34.0. The van der Waals surface area contributed by atoms with Crippen molar-refractivity contribution < 1.29 is 57.6 Å². The Morgan fingerprint density at radius 3 is 1.25 bits per heavy atom. The van der Waals surface area contributed by atoms with Crippen molar-refractivity contribution in [3.8, 4) is 11.1 Å². The number of pyridine rings is 4. The number of carbonyl (C=O) groups excluding carboxylic acids is 2. The van der Waals surface area contributed by atoms with E-state index in [1.54, 1.807) is 18.5 Å². The number of hydrogen-bond acceptors (Lipinski definition) is 10. The number of carbonyl (C=O) groups is 2. The first kappa shape index (κ1) is 86.7. The molecular weight excluding hydrogens is 1320 g/mol. The van der Waals surface area contributed by atoms with Crippen molar-refractivity contribution >= 4 is 40.1 Å². The molecule has 0 atom stereocenters. The van der Waals surface area contributed by atoms with E-state index in [0.29, 0.717) is 56.6 Å². The smallest absolute Gasteiger partial charge is 0.399 e. The fraction of sp³-hybridized carbons (Fsp3) is 0.410. The molecule has 5 heterocycles. The van der Waals surface area contributed by atoms with Gasteiger partial charge in [0.1, 0.15) is 11.6 Å². The molecule has 0 saturated carbocycles. The Hall–Kier alpha value is -6.27. The number of ether oxygens (including phenoxy) is 2. The Bertz CT molecular complexity index is 3150. The third-order valence-electron chi connectivity index (χ3n) is 14.1. The molecule has 1 aliphatic heterocycles. The molecule has 0 unspecified atom stereocenters. The van der Waals surface area contributed by atoms with Crippen molar-refractivity contribution in [2.45, 2.75) is 199 Å². The van der Waals surface area contributed by atoms with E-state index in [2.05, 4.69) is 124 Å². The summed E-state index contributed by atoms with van der Waals surface area (Å²) in [6.07, 6.45) is 16.8. The average molecular weight is 1430 g/mol. The molecular formula is C78H106BBrF2N4O6Pd. The predicted molar refractivity (Wildman–Crippen MR) is 383 cm³/mol. The van der Waals surface area contributed by atoms with E-state index in [1.807, 2.05) is 162 Å². The van der Waals surface area contributed by atoms with Crippen molar-refractivity contribution in [2.75, 3.05) is 13.2 Å². The van der Waals surface area contributed by atoms with Crippen molar-refractivity contribution in [1.29, 1.82) is 0 Å². The Kier molecular flexibility index (Phi) is 48.5. The summed E-state index contributed by atoms with van der Waals surface area (Å²) >= 11 is 3.08. The maximum absolute atomic E-state index is 13.5. The minimum Gasteiger partial charge on any atom is -0.399 e. The number of halogens is 3. The van der Waals surface area contributed by atoms with E-state index in [1.165, 1.54) is 35.7 Å². The van der Waals surface area contributed by atoms with Crippen LogP contribution in [0.25, 0.3) is 11.1 Å². The number of Topliss-reactive ketones (excluding diaryl/α,β-unsaturated/α-hetero) is 2. The van der Waals surface area contributed by atoms with Gasteiger partial charge in [-0.15, -0.1) is 0 Å². The fourth-order valence-electron chi connectivity index (χ4n) is 8.76. The topological polar surface area (TPSA) is 123 Å². The molecule has 0 aliphatic carbocycles. The minimum atomic E-state index is -0.480. The second-order valence-electron chi connectivity index (χ2n) is 20.6. The summed E-state index contributed by atoms with van der Waals surface area (Å²) in [6.45, 7) is 34.6. The Morgan fingerprint density at radius 2 is 0.839 bits per heavy atom. The fourth-order valence-corrected chi connectivity index (χ4v) is 9.06. The maximum Gasteiger partial charge on any atom is 0.495 e. The predicted octanol–water partition coefficient (Wildman–Crippen LogP) is 19.6. The number of hydrogen-bond donors (Lipinski definition) is 0. The van der Waals surface area contributed by atoms with Gasteiger partial charge in [0.2, 0.25) is 11.9 Å². The van der Waals surface area contributed by atoms with Crippen LogP contribution in [0.15, 0.2) is 187 Å². The first-order chi connectivity index (χ1) is 44.7. The molecule has 15 heteroatoms. The second-order valence-corrected chi connectivity index (χ2v) is 21.6. The largest absolute Gasteiger partial charge is 0.495 e. The summed E-state index contributed by atoms with van der Waals surface area (Å²) < 4.78 is 50.7. The molecule has 1 aliphatic rings. The van der Waals surface area contributed by atoms with E-state index in [9.17, 15) is 18.4 Å². The molecule has 0 N–H and O–H groups in total. The number of nitrogens with zero attached hydrogens (tertiary/aromatic N) is 4. The quantitative estimate of drug-likeness (QED) is 0.0328. The van der Waals surface area contributed by atoms with Gasteiger partial charge < -0.3 is 18.8 Å². The van der Waals surface area contributed by atoms with Gasteiger partial charge in [0.15, 0.2) is 0 Å². The number of rotatable bonds is 24. The number of aryl methyl sites for hydroxylation is 4. The normalized spacial score (nSPS) is 11.7. The monoisotopic (exact) mass is 1430 g/mol. The van der Waals surface area contributed by atoms with Crippen LogP contribution in [0, 0.1) is 11.9 Å². The number of benzene rings is 4. The number of ketones is 2. The van der Waals surface area contributed by atoms with Gasteiger partial charge in [-0.1, -0.05) is 208 Å². The third-order valence-corrected chi connectivity index (χ3v) is 14.6. The molecule has 93 heavy (non-hydrogen) atoms. The van der Waals surface area contributed by atoms with Crippen LogP contribution in [0.5, 0.6) is 0 Å². The van der Waals surface area contributed by atoms with Crippen LogP contribution in [-0.4, -0.2) is 63.0 Å². The van der Waals surface area contributed by atoms with Crippen molar-refractivity contribution in [1.82, 2.24) is 19.9 Å². The van der Waals surface area contributed by atoms with E-state index < -0.39 is 11.9 Å². The molecule has 508 valence electrons. The van der Waals surface area contributed by atoms with Crippen LogP contribution in [0.4, 0.5) is 8.78 Å². The molecule has 1 fully saturated rings. The van der Waals surface area contributed by atoms with E-state index in [4.69, 9.17) is 18.8 Å². The van der Waals surface area contributed by atoms with Crippen LogP contribution >= 0.6 is 15.9 Å². The van der Waals surface area contributed by atoms with Gasteiger partial charge in [0.05, 0.1) is 37.6 Å². The maximum atomic E-state index is 13.5. The Morgan fingerprint density at radius 1 is 0.452 bits per heavy atom.